The van der Waals surface area contributed by atoms with Crippen molar-refractivity contribution in [3.63, 3.8) is 0 Å². The first-order chi connectivity index (χ1) is 8.66. The van der Waals surface area contributed by atoms with Crippen molar-refractivity contribution in [3.8, 4) is 0 Å². The first-order valence-electron chi connectivity index (χ1n) is 6.27. The number of thioether (sulfide) groups is 1. The van der Waals surface area contributed by atoms with Crippen LogP contribution in [-0.4, -0.2) is 41.3 Å². The zero-order valence-corrected chi connectivity index (χ0v) is 11.4. The molecule has 18 heavy (non-hydrogen) atoms. The molecule has 1 aromatic rings. The summed E-state index contributed by atoms with van der Waals surface area (Å²) in [5, 5.41) is 0. The Labute approximate surface area is 112 Å². The van der Waals surface area contributed by atoms with Crippen molar-refractivity contribution in [1.29, 1.82) is 0 Å². The number of carbonyl (C=O) groups is 1. The molecule has 1 aromatic carbocycles. The Morgan fingerprint density at radius 3 is 2.83 bits per heavy atom. The number of carbonyl (C=O) groups excluding carboxylic acids is 1. The normalized spacial score (nSPS) is 20.9. The maximum Gasteiger partial charge on any atom is 0.164 e. The van der Waals surface area contributed by atoms with Crippen LogP contribution in [-0.2, 0) is 0 Å². The predicted octanol–water partition coefficient (Wildman–Crippen LogP) is 2.84. The summed E-state index contributed by atoms with van der Waals surface area (Å²) < 4.78 is 12.8. The van der Waals surface area contributed by atoms with Crippen molar-refractivity contribution in [3.05, 3.63) is 35.6 Å². The van der Waals surface area contributed by atoms with Crippen molar-refractivity contribution in [1.82, 2.24) is 4.90 Å². The van der Waals surface area contributed by atoms with Gasteiger partial charge in [-0.1, -0.05) is 0 Å². The first-order valence-corrected chi connectivity index (χ1v) is 7.43. The molecule has 0 saturated carbocycles. The van der Waals surface area contributed by atoms with Crippen LogP contribution in [0.2, 0.25) is 0 Å². The zero-order chi connectivity index (χ0) is 13.0. The van der Waals surface area contributed by atoms with Gasteiger partial charge in [-0.3, -0.25) is 9.69 Å². The molecule has 0 amide bonds. The summed E-state index contributed by atoms with van der Waals surface area (Å²) in [5.74, 6) is 2.09. The minimum absolute atomic E-state index is 0.0976. The van der Waals surface area contributed by atoms with Crippen LogP contribution in [0.3, 0.4) is 0 Å². The molecule has 0 spiro atoms. The summed E-state index contributed by atoms with van der Waals surface area (Å²) >= 11 is 1.97. The molecule has 0 bridgehead atoms. The fraction of sp³-hybridized carbons (Fsp3) is 0.500. The van der Waals surface area contributed by atoms with E-state index in [2.05, 4.69) is 11.8 Å². The SMILES string of the molecule is CC1CSCCN1CCC(=O)c1ccc(F)cc1. The van der Waals surface area contributed by atoms with Crippen LogP contribution in [0.15, 0.2) is 24.3 Å². The molecule has 1 aliphatic rings. The monoisotopic (exact) mass is 267 g/mol. The number of hydrogen-bond donors (Lipinski definition) is 0. The van der Waals surface area contributed by atoms with Crippen molar-refractivity contribution < 1.29 is 9.18 Å². The molecule has 0 N–H and O–H groups in total. The molecule has 4 heteroatoms. The van der Waals surface area contributed by atoms with Gasteiger partial charge in [0.2, 0.25) is 0 Å². The lowest BCUT2D eigenvalue weighted by atomic mass is 10.1. The smallest absolute Gasteiger partial charge is 0.164 e. The van der Waals surface area contributed by atoms with E-state index in [1.807, 2.05) is 11.8 Å². The Morgan fingerprint density at radius 1 is 1.44 bits per heavy atom. The molecule has 0 aromatic heterocycles. The number of ketones is 1. The van der Waals surface area contributed by atoms with Crippen LogP contribution in [0.25, 0.3) is 0 Å². The standard InChI is InChI=1S/C14H18FNOS/c1-11-10-18-9-8-16(11)7-6-14(17)12-2-4-13(15)5-3-12/h2-5,11H,6-10H2,1H3. The molecular weight excluding hydrogens is 249 g/mol. The van der Waals surface area contributed by atoms with Gasteiger partial charge in [-0.15, -0.1) is 0 Å². The molecular formula is C14H18FNOS. The molecule has 98 valence electrons. The Bertz CT molecular complexity index is 407. The van der Waals surface area contributed by atoms with E-state index in [9.17, 15) is 9.18 Å². The van der Waals surface area contributed by atoms with Gasteiger partial charge in [0.1, 0.15) is 5.82 Å². The quantitative estimate of drug-likeness (QED) is 0.782. The van der Waals surface area contributed by atoms with E-state index in [1.54, 1.807) is 12.1 Å². The van der Waals surface area contributed by atoms with Gasteiger partial charge in [0, 0.05) is 42.6 Å². The maximum absolute atomic E-state index is 12.8. The minimum atomic E-state index is -0.298. The van der Waals surface area contributed by atoms with Crippen LogP contribution < -0.4 is 0 Å². The van der Waals surface area contributed by atoms with Gasteiger partial charge in [-0.2, -0.15) is 11.8 Å². The van der Waals surface area contributed by atoms with E-state index in [-0.39, 0.29) is 11.6 Å². The van der Waals surface area contributed by atoms with Crippen LogP contribution in [0, 0.1) is 5.82 Å². The fourth-order valence-corrected chi connectivity index (χ4v) is 3.20. The van der Waals surface area contributed by atoms with Crippen LogP contribution in [0.1, 0.15) is 23.7 Å². The summed E-state index contributed by atoms with van der Waals surface area (Å²) in [6, 6.07) is 6.35. The van der Waals surface area contributed by atoms with Gasteiger partial charge in [0.25, 0.3) is 0 Å². The number of hydrogen-bond acceptors (Lipinski definition) is 3. The molecule has 1 aliphatic heterocycles. The Morgan fingerprint density at radius 2 is 2.17 bits per heavy atom. The van der Waals surface area contributed by atoms with E-state index in [1.165, 1.54) is 12.1 Å². The van der Waals surface area contributed by atoms with E-state index >= 15 is 0 Å². The molecule has 2 rings (SSSR count). The minimum Gasteiger partial charge on any atom is -0.299 e. The van der Waals surface area contributed by atoms with Crippen molar-refractivity contribution in [2.75, 3.05) is 24.6 Å². The van der Waals surface area contributed by atoms with Crippen molar-refractivity contribution >= 4 is 17.5 Å². The van der Waals surface area contributed by atoms with Gasteiger partial charge in [-0.25, -0.2) is 4.39 Å². The molecule has 0 aliphatic carbocycles. The summed E-state index contributed by atoms with van der Waals surface area (Å²) in [7, 11) is 0. The van der Waals surface area contributed by atoms with Crippen LogP contribution in [0.5, 0.6) is 0 Å². The Hall–Kier alpha value is -0.870. The molecule has 1 fully saturated rings. The number of rotatable bonds is 4. The lowest BCUT2D eigenvalue weighted by Gasteiger charge is -2.32. The summed E-state index contributed by atoms with van der Waals surface area (Å²) in [6.07, 6.45) is 0.515. The third kappa shape index (κ3) is 3.56. The second-order valence-corrected chi connectivity index (χ2v) is 5.79. The number of benzene rings is 1. The lowest BCUT2D eigenvalue weighted by Crippen LogP contribution is -2.41. The first kappa shape index (κ1) is 13.6. The Kier molecular flexibility index (Phi) is 4.78. The highest BCUT2D eigenvalue weighted by Gasteiger charge is 2.19. The average Bonchev–Trinajstić information content (AvgIpc) is 2.38. The van der Waals surface area contributed by atoms with Crippen molar-refractivity contribution in [2.24, 2.45) is 0 Å². The van der Waals surface area contributed by atoms with E-state index in [0.29, 0.717) is 18.0 Å². The van der Waals surface area contributed by atoms with Gasteiger partial charge in [0.15, 0.2) is 5.78 Å². The van der Waals surface area contributed by atoms with Gasteiger partial charge >= 0.3 is 0 Å². The Balaban J connectivity index is 1.86. The van der Waals surface area contributed by atoms with Gasteiger partial charge in [-0.05, 0) is 31.2 Å². The van der Waals surface area contributed by atoms with E-state index in [0.717, 1.165) is 24.6 Å². The number of Topliss-reactive ketones (excluding diaryl/α,β-unsaturated/α-hetero) is 1. The maximum atomic E-state index is 12.8. The summed E-state index contributed by atoms with van der Waals surface area (Å²) in [4.78, 5) is 14.3. The fourth-order valence-electron chi connectivity index (χ4n) is 2.12. The third-order valence-corrected chi connectivity index (χ3v) is 4.49. The van der Waals surface area contributed by atoms with Gasteiger partial charge in [0.05, 0.1) is 0 Å². The van der Waals surface area contributed by atoms with Crippen LogP contribution in [0.4, 0.5) is 4.39 Å². The molecule has 0 radical (unpaired) electrons. The second kappa shape index (κ2) is 6.34. The van der Waals surface area contributed by atoms with Crippen LogP contribution >= 0.6 is 11.8 Å². The lowest BCUT2D eigenvalue weighted by molar-refractivity contribution is 0.0957. The van der Waals surface area contributed by atoms with E-state index in [4.69, 9.17) is 0 Å². The van der Waals surface area contributed by atoms with E-state index < -0.39 is 0 Å². The molecule has 1 atom stereocenters. The van der Waals surface area contributed by atoms with Gasteiger partial charge < -0.3 is 0 Å². The third-order valence-electron chi connectivity index (χ3n) is 3.30. The molecule has 2 nitrogen and oxygen atoms in total. The highest BCUT2D eigenvalue weighted by molar-refractivity contribution is 7.99. The highest BCUT2D eigenvalue weighted by atomic mass is 32.2. The second-order valence-electron chi connectivity index (χ2n) is 4.64. The average molecular weight is 267 g/mol. The zero-order valence-electron chi connectivity index (χ0n) is 10.6. The predicted molar refractivity (Wildman–Crippen MR) is 73.7 cm³/mol. The summed E-state index contributed by atoms with van der Waals surface area (Å²) in [5.41, 5.74) is 0.607. The number of nitrogens with zero attached hydrogens (tertiary/aromatic N) is 1. The topological polar surface area (TPSA) is 20.3 Å². The molecule has 1 heterocycles. The molecule has 1 saturated heterocycles. The summed E-state index contributed by atoms with van der Waals surface area (Å²) in [6.45, 7) is 4.06. The van der Waals surface area contributed by atoms with Crippen molar-refractivity contribution in [2.45, 2.75) is 19.4 Å². The number of halogens is 1. The molecule has 1 unspecified atom stereocenters. The highest BCUT2D eigenvalue weighted by Crippen LogP contribution is 2.16. The largest absolute Gasteiger partial charge is 0.299 e.